The lowest BCUT2D eigenvalue weighted by Gasteiger charge is -2.11. The average Bonchev–Trinajstić information content (AvgIpc) is 3.00. The van der Waals surface area contributed by atoms with Crippen molar-refractivity contribution >= 4 is 0 Å². The van der Waals surface area contributed by atoms with Crippen LogP contribution in [0.1, 0.15) is 30.6 Å². The van der Waals surface area contributed by atoms with E-state index in [0.29, 0.717) is 41.5 Å². The molecule has 0 bridgehead atoms. The maximum Gasteiger partial charge on any atom is 0.333 e. The lowest BCUT2D eigenvalue weighted by molar-refractivity contribution is -0.0985. The monoisotopic (exact) mass is 283 g/mol. The number of aryl methyl sites for hydroxylation is 1. The molecule has 0 aromatic carbocycles. The first-order valence-electron chi connectivity index (χ1n) is 6.38. The van der Waals surface area contributed by atoms with Crippen LogP contribution in [0.25, 0.3) is 11.5 Å². The van der Waals surface area contributed by atoms with Gasteiger partial charge in [-0.1, -0.05) is 0 Å². The molecule has 0 aliphatic carbocycles. The van der Waals surface area contributed by atoms with Gasteiger partial charge in [-0.05, 0) is 19.9 Å². The van der Waals surface area contributed by atoms with Gasteiger partial charge >= 0.3 is 6.55 Å². The van der Waals surface area contributed by atoms with Gasteiger partial charge in [-0.2, -0.15) is 18.9 Å². The highest BCUT2D eigenvalue weighted by atomic mass is 19.3. The number of hydrogen-bond donors (Lipinski definition) is 1. The van der Waals surface area contributed by atoms with E-state index in [1.54, 1.807) is 13.0 Å². The van der Waals surface area contributed by atoms with E-state index in [0.717, 1.165) is 16.5 Å². The van der Waals surface area contributed by atoms with Crippen LogP contribution in [0.15, 0.2) is 6.07 Å². The van der Waals surface area contributed by atoms with Crippen molar-refractivity contribution < 1.29 is 14.0 Å². The third-order valence-corrected chi connectivity index (χ3v) is 3.41. The van der Waals surface area contributed by atoms with Gasteiger partial charge in [0, 0.05) is 6.54 Å². The number of imidazole rings is 1. The number of alkyl halides is 2. The highest BCUT2D eigenvalue weighted by molar-refractivity contribution is 5.54. The van der Waals surface area contributed by atoms with E-state index < -0.39 is 6.55 Å². The topological polar surface area (TPSA) is 59.1 Å². The van der Waals surface area contributed by atoms with Crippen LogP contribution in [0.2, 0.25) is 0 Å². The zero-order valence-corrected chi connectivity index (χ0v) is 11.2. The Labute approximate surface area is 114 Å². The average molecular weight is 283 g/mol. The molecule has 1 aliphatic rings. The molecule has 2 aromatic rings. The summed E-state index contributed by atoms with van der Waals surface area (Å²) in [6.07, 6.45) is 0. The molecule has 0 fully saturated rings. The molecule has 1 aliphatic heterocycles. The summed E-state index contributed by atoms with van der Waals surface area (Å²) in [7, 11) is 0. The van der Waals surface area contributed by atoms with Crippen molar-refractivity contribution in [1.82, 2.24) is 24.4 Å². The Kier molecular flexibility index (Phi) is 3.06. The van der Waals surface area contributed by atoms with E-state index in [-0.39, 0.29) is 0 Å². The summed E-state index contributed by atoms with van der Waals surface area (Å²) < 4.78 is 28.6. The third-order valence-electron chi connectivity index (χ3n) is 3.41. The molecule has 0 atom stereocenters. The molecule has 6 nitrogen and oxygen atoms in total. The predicted molar refractivity (Wildman–Crippen MR) is 66.1 cm³/mol. The number of hydroxylamine groups is 2. The fourth-order valence-electron chi connectivity index (χ4n) is 2.61. The molecule has 3 rings (SSSR count). The van der Waals surface area contributed by atoms with Crippen molar-refractivity contribution in [3.8, 4) is 11.5 Å². The predicted octanol–water partition coefficient (Wildman–Crippen LogP) is 2.17. The van der Waals surface area contributed by atoms with Crippen LogP contribution < -0.4 is 0 Å². The van der Waals surface area contributed by atoms with Gasteiger partial charge in [0.2, 0.25) is 0 Å². The van der Waals surface area contributed by atoms with Crippen molar-refractivity contribution in [3.05, 3.63) is 23.1 Å². The molecule has 2 aromatic heterocycles. The summed E-state index contributed by atoms with van der Waals surface area (Å²) in [6, 6.07) is 1.60. The fourth-order valence-corrected chi connectivity index (χ4v) is 2.61. The van der Waals surface area contributed by atoms with E-state index in [4.69, 9.17) is 0 Å². The van der Waals surface area contributed by atoms with E-state index in [9.17, 15) is 14.0 Å². The summed E-state index contributed by atoms with van der Waals surface area (Å²) in [5.41, 5.74) is 2.42. The summed E-state index contributed by atoms with van der Waals surface area (Å²) in [5.74, 6) is 0.478. The third kappa shape index (κ3) is 1.92. The minimum atomic E-state index is -2.70. The summed E-state index contributed by atoms with van der Waals surface area (Å²) in [6.45, 7) is 2.16. The molecule has 1 N–H and O–H groups in total. The molecular weight excluding hydrogens is 268 g/mol. The molecule has 8 heteroatoms. The maximum absolute atomic E-state index is 13.0. The van der Waals surface area contributed by atoms with Crippen molar-refractivity contribution in [1.29, 1.82) is 0 Å². The van der Waals surface area contributed by atoms with E-state index in [1.165, 1.54) is 0 Å². The largest absolute Gasteiger partial charge is 0.333 e. The van der Waals surface area contributed by atoms with Gasteiger partial charge < -0.3 is 9.77 Å². The number of halogens is 2. The molecule has 0 radical (unpaired) electrons. The van der Waals surface area contributed by atoms with Crippen LogP contribution in [0, 0.1) is 6.92 Å². The first-order chi connectivity index (χ1) is 9.51. The minimum Gasteiger partial charge on any atom is -0.325 e. The second-order valence-electron chi connectivity index (χ2n) is 4.79. The Morgan fingerprint density at radius 2 is 2.15 bits per heavy atom. The van der Waals surface area contributed by atoms with Crippen LogP contribution in [0.5, 0.6) is 0 Å². The Morgan fingerprint density at radius 1 is 1.40 bits per heavy atom. The molecular formula is C12H15F2N5O. The minimum absolute atomic E-state index is 0.304. The number of aromatic nitrogens is 4. The second kappa shape index (κ2) is 4.64. The zero-order valence-electron chi connectivity index (χ0n) is 11.2. The fraction of sp³-hybridized carbons (Fsp3) is 0.500. The maximum atomic E-state index is 13.0. The van der Waals surface area contributed by atoms with Gasteiger partial charge in [0.05, 0.1) is 30.2 Å². The van der Waals surface area contributed by atoms with Crippen LogP contribution in [-0.2, 0) is 19.6 Å². The lowest BCUT2D eigenvalue weighted by atomic mass is 10.3. The standard InChI is InChI=1S/C12H15F2N5O/c1-3-18-10-6-17(20)5-8(10)15-11(18)9-4-7(2)16-19(9)12(13)14/h4,12,20H,3,5-6H2,1-2H3. The van der Waals surface area contributed by atoms with Gasteiger partial charge in [-0.25, -0.2) is 9.67 Å². The molecule has 3 heterocycles. The molecule has 0 amide bonds. The van der Waals surface area contributed by atoms with Crippen LogP contribution in [0.4, 0.5) is 8.78 Å². The van der Waals surface area contributed by atoms with Gasteiger partial charge in [0.15, 0.2) is 5.82 Å². The summed E-state index contributed by atoms with van der Waals surface area (Å²) >= 11 is 0. The first-order valence-corrected chi connectivity index (χ1v) is 6.38. The van der Waals surface area contributed by atoms with Crippen LogP contribution >= 0.6 is 0 Å². The number of fused-ring (bicyclic) bond motifs is 1. The smallest absolute Gasteiger partial charge is 0.325 e. The second-order valence-corrected chi connectivity index (χ2v) is 4.79. The Morgan fingerprint density at radius 3 is 2.80 bits per heavy atom. The van der Waals surface area contributed by atoms with Gasteiger partial charge in [0.25, 0.3) is 0 Å². The van der Waals surface area contributed by atoms with Crippen molar-refractivity contribution in [2.45, 2.75) is 40.0 Å². The Balaban J connectivity index is 2.14. The molecule has 0 spiro atoms. The van der Waals surface area contributed by atoms with E-state index >= 15 is 0 Å². The zero-order chi connectivity index (χ0) is 14.4. The highest BCUT2D eigenvalue weighted by Gasteiger charge is 2.28. The number of rotatable bonds is 3. The summed E-state index contributed by atoms with van der Waals surface area (Å²) in [4.78, 5) is 4.41. The number of hydrogen-bond acceptors (Lipinski definition) is 4. The van der Waals surface area contributed by atoms with Gasteiger partial charge in [-0.15, -0.1) is 0 Å². The van der Waals surface area contributed by atoms with Crippen molar-refractivity contribution in [3.63, 3.8) is 0 Å². The van der Waals surface area contributed by atoms with Crippen molar-refractivity contribution in [2.24, 2.45) is 0 Å². The SMILES string of the molecule is CCn1c(-c2cc(C)nn2C(F)F)nc2c1CN(O)C2. The van der Waals surface area contributed by atoms with Crippen molar-refractivity contribution in [2.75, 3.05) is 0 Å². The van der Waals surface area contributed by atoms with Gasteiger partial charge in [0.1, 0.15) is 5.69 Å². The number of nitrogens with zero attached hydrogens (tertiary/aromatic N) is 5. The van der Waals surface area contributed by atoms with E-state index in [2.05, 4.69) is 10.1 Å². The van der Waals surface area contributed by atoms with Gasteiger partial charge in [-0.3, -0.25) is 0 Å². The van der Waals surface area contributed by atoms with Crippen LogP contribution in [-0.4, -0.2) is 29.6 Å². The first kappa shape index (κ1) is 13.2. The Bertz CT molecular complexity index is 649. The molecule has 108 valence electrons. The molecule has 0 saturated heterocycles. The Hall–Kier alpha value is -1.80. The van der Waals surface area contributed by atoms with Crippen LogP contribution in [0.3, 0.4) is 0 Å². The normalized spacial score (nSPS) is 15.3. The summed E-state index contributed by atoms with van der Waals surface area (Å²) in [5, 5.41) is 14.5. The molecule has 0 unspecified atom stereocenters. The van der Waals surface area contributed by atoms with E-state index in [1.807, 2.05) is 11.5 Å². The molecule has 0 saturated carbocycles. The quantitative estimate of drug-likeness (QED) is 0.938. The lowest BCUT2D eigenvalue weighted by Crippen LogP contribution is -2.14. The highest BCUT2D eigenvalue weighted by Crippen LogP contribution is 2.30. The molecule has 20 heavy (non-hydrogen) atoms.